The molecule has 0 amide bonds. The van der Waals surface area contributed by atoms with E-state index in [1.807, 2.05) is 19.1 Å². The third-order valence-corrected chi connectivity index (χ3v) is 4.30. The van der Waals surface area contributed by atoms with Crippen LogP contribution in [0.1, 0.15) is 38.3 Å². The topological polar surface area (TPSA) is 53.5 Å². The standard InChI is InChI=1S/C16H22N2O3/c1-2-19-8-4-13-3-7-17-15(18-13)21-14-11-16(12-14)5-9-20-10-6-16/h3-4,7-8,14H,2,5-6,9-12H2,1H3/b8-4+. The van der Waals surface area contributed by atoms with Crippen LogP contribution in [-0.4, -0.2) is 35.9 Å². The van der Waals surface area contributed by atoms with Crippen molar-refractivity contribution in [1.29, 1.82) is 0 Å². The number of aromatic nitrogens is 2. The highest BCUT2D eigenvalue weighted by atomic mass is 16.5. The number of nitrogens with zero attached hydrogens (tertiary/aromatic N) is 2. The lowest BCUT2D eigenvalue weighted by molar-refractivity contribution is -0.0880. The minimum atomic E-state index is 0.245. The molecule has 1 saturated carbocycles. The summed E-state index contributed by atoms with van der Waals surface area (Å²) in [6.07, 6.45) is 9.93. The summed E-state index contributed by atoms with van der Waals surface area (Å²) < 4.78 is 16.5. The molecule has 3 rings (SSSR count). The smallest absolute Gasteiger partial charge is 0.317 e. The molecule has 0 aromatic carbocycles. The average Bonchev–Trinajstić information content (AvgIpc) is 2.47. The van der Waals surface area contributed by atoms with Crippen molar-refractivity contribution in [2.45, 2.75) is 38.7 Å². The molecular weight excluding hydrogens is 268 g/mol. The number of hydrogen-bond donors (Lipinski definition) is 0. The average molecular weight is 290 g/mol. The third kappa shape index (κ3) is 3.53. The Morgan fingerprint density at radius 2 is 2.19 bits per heavy atom. The van der Waals surface area contributed by atoms with Gasteiger partial charge < -0.3 is 14.2 Å². The van der Waals surface area contributed by atoms with Gasteiger partial charge in [0.15, 0.2) is 0 Å². The number of hydrogen-bond acceptors (Lipinski definition) is 5. The van der Waals surface area contributed by atoms with Gasteiger partial charge >= 0.3 is 6.01 Å². The summed E-state index contributed by atoms with van der Waals surface area (Å²) in [6, 6.07) is 2.30. The molecule has 2 fully saturated rings. The summed E-state index contributed by atoms with van der Waals surface area (Å²) in [5, 5.41) is 0. The Morgan fingerprint density at radius 1 is 1.38 bits per heavy atom. The molecule has 114 valence electrons. The summed E-state index contributed by atoms with van der Waals surface area (Å²) in [5.41, 5.74) is 1.25. The Labute approximate surface area is 125 Å². The molecule has 2 heterocycles. The molecule has 1 saturated heterocycles. The van der Waals surface area contributed by atoms with Crippen molar-refractivity contribution in [2.75, 3.05) is 19.8 Å². The van der Waals surface area contributed by atoms with Gasteiger partial charge in [-0.15, -0.1) is 0 Å². The predicted molar refractivity (Wildman–Crippen MR) is 78.8 cm³/mol. The lowest BCUT2D eigenvalue weighted by atomic mass is 9.62. The monoisotopic (exact) mass is 290 g/mol. The van der Waals surface area contributed by atoms with E-state index in [0.29, 0.717) is 18.0 Å². The Morgan fingerprint density at radius 3 is 2.95 bits per heavy atom. The highest BCUT2D eigenvalue weighted by Gasteiger charge is 2.46. The first-order valence-corrected chi connectivity index (χ1v) is 7.65. The molecule has 1 aromatic heterocycles. The second-order valence-corrected chi connectivity index (χ2v) is 5.78. The van der Waals surface area contributed by atoms with E-state index >= 15 is 0 Å². The van der Waals surface area contributed by atoms with Crippen LogP contribution < -0.4 is 4.74 Å². The van der Waals surface area contributed by atoms with Crippen LogP contribution in [0.5, 0.6) is 6.01 Å². The van der Waals surface area contributed by atoms with Crippen LogP contribution in [0, 0.1) is 5.41 Å². The van der Waals surface area contributed by atoms with E-state index in [4.69, 9.17) is 14.2 Å². The van der Waals surface area contributed by atoms with Gasteiger partial charge in [-0.05, 0) is 50.2 Å². The van der Waals surface area contributed by atoms with Gasteiger partial charge in [-0.2, -0.15) is 4.98 Å². The van der Waals surface area contributed by atoms with E-state index in [9.17, 15) is 0 Å². The van der Waals surface area contributed by atoms with Crippen molar-refractivity contribution in [2.24, 2.45) is 5.41 Å². The summed E-state index contributed by atoms with van der Waals surface area (Å²) >= 11 is 0. The van der Waals surface area contributed by atoms with Gasteiger partial charge in [-0.3, -0.25) is 0 Å². The molecule has 0 bridgehead atoms. The van der Waals surface area contributed by atoms with Gasteiger partial charge in [-0.25, -0.2) is 4.98 Å². The minimum Gasteiger partial charge on any atom is -0.501 e. The van der Waals surface area contributed by atoms with Gasteiger partial charge in [0.05, 0.1) is 18.6 Å². The van der Waals surface area contributed by atoms with Gasteiger partial charge in [-0.1, -0.05) is 0 Å². The van der Waals surface area contributed by atoms with Crippen LogP contribution in [0.3, 0.4) is 0 Å². The van der Waals surface area contributed by atoms with Crippen molar-refractivity contribution in [1.82, 2.24) is 9.97 Å². The van der Waals surface area contributed by atoms with Gasteiger partial charge in [0.2, 0.25) is 0 Å². The number of ether oxygens (including phenoxy) is 3. The molecule has 1 aromatic rings. The normalized spacial score (nSPS) is 21.4. The first-order chi connectivity index (χ1) is 10.3. The Hall–Kier alpha value is -1.62. The summed E-state index contributed by atoms with van der Waals surface area (Å²) in [5.74, 6) is 0. The Balaban J connectivity index is 1.53. The van der Waals surface area contributed by atoms with Crippen molar-refractivity contribution in [3.8, 4) is 6.01 Å². The maximum Gasteiger partial charge on any atom is 0.317 e. The minimum absolute atomic E-state index is 0.245. The summed E-state index contributed by atoms with van der Waals surface area (Å²) in [6.45, 7) is 4.38. The molecule has 0 radical (unpaired) electrons. The lowest BCUT2D eigenvalue weighted by Crippen LogP contribution is -2.47. The molecular formula is C16H22N2O3. The van der Waals surface area contributed by atoms with Crippen LogP contribution in [-0.2, 0) is 9.47 Å². The molecule has 21 heavy (non-hydrogen) atoms. The van der Waals surface area contributed by atoms with E-state index < -0.39 is 0 Å². The predicted octanol–water partition coefficient (Wildman–Crippen LogP) is 2.82. The fraction of sp³-hybridized carbons (Fsp3) is 0.625. The highest BCUT2D eigenvalue weighted by molar-refractivity contribution is 5.42. The van der Waals surface area contributed by atoms with Crippen LogP contribution in [0.15, 0.2) is 18.5 Å². The van der Waals surface area contributed by atoms with Gasteiger partial charge in [0, 0.05) is 19.4 Å². The third-order valence-electron chi connectivity index (χ3n) is 4.30. The largest absolute Gasteiger partial charge is 0.501 e. The molecule has 2 aliphatic rings. The van der Waals surface area contributed by atoms with E-state index in [2.05, 4.69) is 9.97 Å². The maximum atomic E-state index is 5.89. The van der Waals surface area contributed by atoms with Crippen LogP contribution >= 0.6 is 0 Å². The fourth-order valence-electron chi connectivity index (χ4n) is 3.07. The van der Waals surface area contributed by atoms with Crippen molar-refractivity contribution < 1.29 is 14.2 Å². The highest BCUT2D eigenvalue weighted by Crippen LogP contribution is 2.49. The first-order valence-electron chi connectivity index (χ1n) is 7.65. The maximum absolute atomic E-state index is 5.89. The molecule has 5 heteroatoms. The molecule has 5 nitrogen and oxygen atoms in total. The van der Waals surface area contributed by atoms with Crippen LogP contribution in [0.4, 0.5) is 0 Å². The second kappa shape index (κ2) is 6.43. The fourth-order valence-corrected chi connectivity index (χ4v) is 3.07. The van der Waals surface area contributed by atoms with Crippen LogP contribution in [0.25, 0.3) is 6.08 Å². The van der Waals surface area contributed by atoms with Gasteiger partial charge in [0.25, 0.3) is 0 Å². The molecule has 1 aliphatic carbocycles. The Kier molecular flexibility index (Phi) is 4.39. The molecule has 0 atom stereocenters. The van der Waals surface area contributed by atoms with E-state index in [1.165, 1.54) is 0 Å². The molecule has 0 unspecified atom stereocenters. The quantitative estimate of drug-likeness (QED) is 0.780. The Bertz CT molecular complexity index is 490. The molecule has 1 spiro atoms. The van der Waals surface area contributed by atoms with Crippen molar-refractivity contribution >= 4 is 6.08 Å². The summed E-state index contributed by atoms with van der Waals surface area (Å²) in [4.78, 5) is 8.57. The van der Waals surface area contributed by atoms with E-state index in [0.717, 1.165) is 44.6 Å². The van der Waals surface area contributed by atoms with E-state index in [-0.39, 0.29) is 6.10 Å². The number of rotatable bonds is 5. The SMILES string of the molecule is CCO/C=C/c1ccnc(OC2CC3(CCOCC3)C2)n1. The van der Waals surface area contributed by atoms with Crippen molar-refractivity contribution in [3.05, 3.63) is 24.2 Å². The first kappa shape index (κ1) is 14.3. The molecule has 1 aliphatic heterocycles. The van der Waals surface area contributed by atoms with Gasteiger partial charge in [0.1, 0.15) is 6.10 Å². The zero-order chi connectivity index (χ0) is 14.5. The summed E-state index contributed by atoms with van der Waals surface area (Å²) in [7, 11) is 0. The van der Waals surface area contributed by atoms with E-state index in [1.54, 1.807) is 12.5 Å². The second-order valence-electron chi connectivity index (χ2n) is 5.78. The zero-order valence-electron chi connectivity index (χ0n) is 12.5. The van der Waals surface area contributed by atoms with Crippen molar-refractivity contribution in [3.63, 3.8) is 0 Å². The van der Waals surface area contributed by atoms with Crippen LogP contribution in [0.2, 0.25) is 0 Å². The zero-order valence-corrected chi connectivity index (χ0v) is 12.5. The lowest BCUT2D eigenvalue weighted by Gasteiger charge is -2.49. The molecule has 0 N–H and O–H groups in total.